The van der Waals surface area contributed by atoms with Gasteiger partial charge in [0.1, 0.15) is 5.75 Å². The van der Waals surface area contributed by atoms with Gasteiger partial charge in [-0.3, -0.25) is 4.98 Å². The van der Waals surface area contributed by atoms with E-state index in [-0.39, 0.29) is 0 Å². The molecule has 1 atom stereocenters. The first-order chi connectivity index (χ1) is 10.1. The second-order valence-corrected chi connectivity index (χ2v) is 5.18. The molecule has 0 aliphatic heterocycles. The summed E-state index contributed by atoms with van der Waals surface area (Å²) in [4.78, 5) is 16.1. The number of pyridine rings is 1. The Bertz CT molecular complexity index is 634. The normalized spacial score (nSPS) is 11.6. The maximum Gasteiger partial charge on any atom is 0.333 e. The van der Waals surface area contributed by atoms with Crippen LogP contribution in [0.1, 0.15) is 11.6 Å². The molecular weight excluding hydrogens is 336 g/mol. The van der Waals surface area contributed by atoms with Crippen LogP contribution in [0, 0.1) is 0 Å². The average molecular weight is 351 g/mol. The first-order valence-corrected chi connectivity index (χ1v) is 7.02. The highest BCUT2D eigenvalue weighted by atomic mass is 79.9. The van der Waals surface area contributed by atoms with Gasteiger partial charge in [-0.05, 0) is 34.1 Å². The molecule has 1 aromatic carbocycles. The van der Waals surface area contributed by atoms with Gasteiger partial charge in [0.25, 0.3) is 0 Å². The van der Waals surface area contributed by atoms with Gasteiger partial charge in [0.2, 0.25) is 0 Å². The van der Waals surface area contributed by atoms with Crippen LogP contribution in [0.25, 0.3) is 0 Å². The number of aromatic nitrogens is 1. The zero-order chi connectivity index (χ0) is 15.2. The van der Waals surface area contributed by atoms with Crippen molar-refractivity contribution in [1.82, 2.24) is 4.98 Å². The standard InChI is InChI=1S/C15H15BrN2O3/c1-20-13-5-3-4-12(7-13)18-14(15(19)21-2)10-6-11(16)9-17-8-10/h3-9,14,18H,1-2H3. The van der Waals surface area contributed by atoms with Crippen molar-refractivity contribution >= 4 is 27.6 Å². The molecule has 0 saturated carbocycles. The third-order valence-corrected chi connectivity index (χ3v) is 3.31. The molecule has 1 heterocycles. The van der Waals surface area contributed by atoms with Crippen molar-refractivity contribution in [2.45, 2.75) is 6.04 Å². The second kappa shape index (κ2) is 7.08. The third-order valence-electron chi connectivity index (χ3n) is 2.88. The number of rotatable bonds is 5. The number of carbonyl (C=O) groups is 1. The van der Waals surface area contributed by atoms with Crippen LogP contribution in [0.15, 0.2) is 47.2 Å². The number of ether oxygens (including phenoxy) is 2. The minimum absolute atomic E-state index is 0.391. The predicted octanol–water partition coefficient (Wildman–Crippen LogP) is 3.18. The molecule has 1 aromatic heterocycles. The number of methoxy groups -OCH3 is 2. The van der Waals surface area contributed by atoms with Crippen LogP contribution in [0.4, 0.5) is 5.69 Å². The van der Waals surface area contributed by atoms with Crippen molar-refractivity contribution in [1.29, 1.82) is 0 Å². The van der Waals surface area contributed by atoms with Gasteiger partial charge in [-0.2, -0.15) is 0 Å². The lowest BCUT2D eigenvalue weighted by atomic mass is 10.1. The van der Waals surface area contributed by atoms with Crippen LogP contribution in [0.3, 0.4) is 0 Å². The summed E-state index contributed by atoms with van der Waals surface area (Å²) in [6.45, 7) is 0. The number of hydrogen-bond acceptors (Lipinski definition) is 5. The summed E-state index contributed by atoms with van der Waals surface area (Å²) in [7, 11) is 2.95. The third kappa shape index (κ3) is 3.95. The van der Waals surface area contributed by atoms with E-state index in [1.807, 2.05) is 24.3 Å². The fourth-order valence-electron chi connectivity index (χ4n) is 1.86. The SMILES string of the molecule is COC(=O)C(Nc1cccc(OC)c1)c1cncc(Br)c1. The Kier molecular flexibility index (Phi) is 5.16. The Morgan fingerprint density at radius 3 is 2.76 bits per heavy atom. The maximum atomic E-state index is 12.0. The van der Waals surface area contributed by atoms with Crippen molar-refractivity contribution in [2.75, 3.05) is 19.5 Å². The summed E-state index contributed by atoms with van der Waals surface area (Å²) < 4.78 is 10.8. The summed E-state index contributed by atoms with van der Waals surface area (Å²) in [5.41, 5.74) is 1.46. The van der Waals surface area contributed by atoms with E-state index in [9.17, 15) is 4.79 Å². The molecule has 1 N–H and O–H groups in total. The van der Waals surface area contributed by atoms with E-state index in [0.717, 1.165) is 10.2 Å². The van der Waals surface area contributed by atoms with Gasteiger partial charge in [0.05, 0.1) is 14.2 Å². The summed E-state index contributed by atoms with van der Waals surface area (Å²) in [6, 6.07) is 8.51. The fourth-order valence-corrected chi connectivity index (χ4v) is 2.24. The number of nitrogens with one attached hydrogen (secondary N) is 1. The van der Waals surface area contributed by atoms with Crippen molar-refractivity contribution in [2.24, 2.45) is 0 Å². The zero-order valence-corrected chi connectivity index (χ0v) is 13.3. The molecule has 0 aliphatic rings. The highest BCUT2D eigenvalue weighted by Crippen LogP contribution is 2.25. The van der Waals surface area contributed by atoms with E-state index in [1.54, 1.807) is 25.6 Å². The monoisotopic (exact) mass is 350 g/mol. The first kappa shape index (κ1) is 15.3. The number of anilines is 1. The Morgan fingerprint density at radius 2 is 2.10 bits per heavy atom. The largest absolute Gasteiger partial charge is 0.497 e. The van der Waals surface area contributed by atoms with Gasteiger partial charge in [-0.1, -0.05) is 6.07 Å². The van der Waals surface area contributed by atoms with Gasteiger partial charge in [-0.15, -0.1) is 0 Å². The summed E-state index contributed by atoms with van der Waals surface area (Å²) in [6.07, 6.45) is 3.28. The molecule has 0 bridgehead atoms. The smallest absolute Gasteiger partial charge is 0.333 e. The second-order valence-electron chi connectivity index (χ2n) is 4.27. The van der Waals surface area contributed by atoms with Gasteiger partial charge >= 0.3 is 5.97 Å². The fraction of sp³-hybridized carbons (Fsp3) is 0.200. The average Bonchev–Trinajstić information content (AvgIpc) is 2.52. The van der Waals surface area contributed by atoms with Crippen LogP contribution in [0.2, 0.25) is 0 Å². The Balaban J connectivity index is 2.30. The molecule has 110 valence electrons. The molecule has 0 aliphatic carbocycles. The van der Waals surface area contributed by atoms with Crippen LogP contribution >= 0.6 is 15.9 Å². The van der Waals surface area contributed by atoms with Crippen LogP contribution in [0.5, 0.6) is 5.75 Å². The molecule has 2 aromatic rings. The molecule has 5 nitrogen and oxygen atoms in total. The molecule has 6 heteroatoms. The lowest BCUT2D eigenvalue weighted by Crippen LogP contribution is -2.22. The Morgan fingerprint density at radius 1 is 1.29 bits per heavy atom. The van der Waals surface area contributed by atoms with Gasteiger partial charge in [0, 0.05) is 34.2 Å². The molecule has 21 heavy (non-hydrogen) atoms. The highest BCUT2D eigenvalue weighted by molar-refractivity contribution is 9.10. The number of nitrogens with zero attached hydrogens (tertiary/aromatic N) is 1. The molecule has 0 radical (unpaired) electrons. The minimum Gasteiger partial charge on any atom is -0.497 e. The number of carbonyl (C=O) groups excluding carboxylic acids is 1. The lowest BCUT2D eigenvalue weighted by Gasteiger charge is -2.18. The number of halogens is 1. The highest BCUT2D eigenvalue weighted by Gasteiger charge is 2.22. The van der Waals surface area contributed by atoms with Gasteiger partial charge < -0.3 is 14.8 Å². The van der Waals surface area contributed by atoms with Crippen molar-refractivity contribution in [3.8, 4) is 5.75 Å². The van der Waals surface area contributed by atoms with E-state index < -0.39 is 12.0 Å². The minimum atomic E-state index is -0.646. The van der Waals surface area contributed by atoms with Crippen LogP contribution in [-0.4, -0.2) is 25.2 Å². The van der Waals surface area contributed by atoms with E-state index in [4.69, 9.17) is 9.47 Å². The summed E-state index contributed by atoms with van der Waals surface area (Å²) in [5, 5.41) is 3.13. The first-order valence-electron chi connectivity index (χ1n) is 6.23. The van der Waals surface area contributed by atoms with E-state index in [1.165, 1.54) is 7.11 Å². The van der Waals surface area contributed by atoms with Crippen molar-refractivity contribution in [3.05, 3.63) is 52.8 Å². The molecule has 0 saturated heterocycles. The summed E-state index contributed by atoms with van der Waals surface area (Å²) in [5.74, 6) is 0.314. The molecular formula is C15H15BrN2O3. The van der Waals surface area contributed by atoms with Crippen LogP contribution < -0.4 is 10.1 Å². The van der Waals surface area contributed by atoms with Gasteiger partial charge in [0.15, 0.2) is 6.04 Å². The molecule has 0 spiro atoms. The van der Waals surface area contributed by atoms with Crippen LogP contribution in [-0.2, 0) is 9.53 Å². The van der Waals surface area contributed by atoms with Gasteiger partial charge in [-0.25, -0.2) is 4.79 Å². The Labute approximate surface area is 131 Å². The maximum absolute atomic E-state index is 12.0. The number of benzene rings is 1. The van der Waals surface area contributed by atoms with E-state index in [2.05, 4.69) is 26.2 Å². The molecule has 1 unspecified atom stereocenters. The van der Waals surface area contributed by atoms with Crippen molar-refractivity contribution in [3.63, 3.8) is 0 Å². The Hall–Kier alpha value is -2.08. The molecule has 0 amide bonds. The van der Waals surface area contributed by atoms with Crippen molar-refractivity contribution < 1.29 is 14.3 Å². The zero-order valence-electron chi connectivity index (χ0n) is 11.7. The lowest BCUT2D eigenvalue weighted by molar-refractivity contribution is -0.141. The number of esters is 1. The number of hydrogen-bond donors (Lipinski definition) is 1. The predicted molar refractivity (Wildman–Crippen MR) is 83.3 cm³/mol. The topological polar surface area (TPSA) is 60.5 Å². The molecule has 0 fully saturated rings. The summed E-state index contributed by atoms with van der Waals surface area (Å²) >= 11 is 3.35. The molecule has 2 rings (SSSR count). The van der Waals surface area contributed by atoms with E-state index in [0.29, 0.717) is 11.3 Å². The quantitative estimate of drug-likeness (QED) is 0.839. The van der Waals surface area contributed by atoms with E-state index >= 15 is 0 Å².